The lowest BCUT2D eigenvalue weighted by molar-refractivity contribution is 0.350. The molecule has 0 atom stereocenters. The van der Waals surface area contributed by atoms with Crippen LogP contribution in [0.2, 0.25) is 0 Å². The molecule has 1 aromatic heterocycles. The number of imidazole rings is 1. The van der Waals surface area contributed by atoms with E-state index in [1.807, 2.05) is 30.7 Å². The van der Waals surface area contributed by atoms with Gasteiger partial charge in [-0.15, -0.1) is 0 Å². The van der Waals surface area contributed by atoms with Crippen LogP contribution in [0.1, 0.15) is 16.7 Å². The first kappa shape index (κ1) is 17.0. The third-order valence-electron chi connectivity index (χ3n) is 4.08. The summed E-state index contributed by atoms with van der Waals surface area (Å²) in [6.45, 7) is 2.36. The molecule has 0 aliphatic carbocycles. The van der Waals surface area contributed by atoms with Crippen LogP contribution < -0.4 is 14.8 Å². The summed E-state index contributed by atoms with van der Waals surface area (Å²) >= 11 is 0. The summed E-state index contributed by atoms with van der Waals surface area (Å²) in [6.07, 6.45) is 5.60. The van der Waals surface area contributed by atoms with Gasteiger partial charge in [0.15, 0.2) is 11.5 Å². The van der Waals surface area contributed by atoms with Crippen molar-refractivity contribution in [1.29, 1.82) is 0 Å². The number of aromatic nitrogens is 2. The van der Waals surface area contributed by atoms with Gasteiger partial charge in [-0.05, 0) is 17.2 Å². The van der Waals surface area contributed by atoms with Gasteiger partial charge in [0, 0.05) is 37.6 Å². The van der Waals surface area contributed by atoms with Crippen molar-refractivity contribution in [1.82, 2.24) is 14.9 Å². The number of ether oxygens (including phenoxy) is 2. The predicted molar refractivity (Wildman–Crippen MR) is 97.9 cm³/mol. The number of hydrogen-bond donors (Lipinski definition) is 1. The van der Waals surface area contributed by atoms with Gasteiger partial charge in [-0.3, -0.25) is 0 Å². The van der Waals surface area contributed by atoms with Gasteiger partial charge < -0.3 is 19.4 Å². The molecule has 1 heterocycles. The molecule has 0 radical (unpaired) electrons. The average Bonchev–Trinajstić information content (AvgIpc) is 3.16. The molecule has 0 amide bonds. The van der Waals surface area contributed by atoms with Gasteiger partial charge in [0.2, 0.25) is 0 Å². The first-order chi connectivity index (χ1) is 12.3. The Hall–Kier alpha value is -2.79. The Balaban J connectivity index is 1.55. The maximum atomic E-state index is 5.46. The minimum absolute atomic E-state index is 0.719. The van der Waals surface area contributed by atoms with Crippen LogP contribution >= 0.6 is 0 Å². The molecule has 5 nitrogen and oxygen atoms in total. The smallest absolute Gasteiger partial charge is 0.165 e. The molecule has 0 aliphatic rings. The standard InChI is InChI=1S/C20H23N3O2/c1-24-19-5-3-4-18(20(19)25-2)13-22-12-16-6-8-17(9-7-16)14-23-11-10-21-15-23/h3-11,15,22H,12-14H2,1-2H3. The summed E-state index contributed by atoms with van der Waals surface area (Å²) in [4.78, 5) is 4.07. The van der Waals surface area contributed by atoms with E-state index in [4.69, 9.17) is 9.47 Å². The lowest BCUT2D eigenvalue weighted by atomic mass is 10.1. The third kappa shape index (κ3) is 4.39. The first-order valence-corrected chi connectivity index (χ1v) is 8.24. The Labute approximate surface area is 148 Å². The van der Waals surface area contributed by atoms with Crippen molar-refractivity contribution in [3.05, 3.63) is 77.9 Å². The Morgan fingerprint density at radius 2 is 1.76 bits per heavy atom. The zero-order valence-corrected chi connectivity index (χ0v) is 14.6. The first-order valence-electron chi connectivity index (χ1n) is 8.24. The van der Waals surface area contributed by atoms with E-state index in [9.17, 15) is 0 Å². The molecule has 0 bridgehead atoms. The van der Waals surface area contributed by atoms with Gasteiger partial charge in [0.05, 0.1) is 20.5 Å². The summed E-state index contributed by atoms with van der Waals surface area (Å²) in [5.74, 6) is 1.54. The molecule has 0 fully saturated rings. The monoisotopic (exact) mass is 337 g/mol. The maximum absolute atomic E-state index is 5.46. The number of methoxy groups -OCH3 is 2. The molecular weight excluding hydrogens is 314 g/mol. The van der Waals surface area contributed by atoms with Crippen molar-refractivity contribution < 1.29 is 9.47 Å². The molecule has 0 spiro atoms. The topological polar surface area (TPSA) is 48.3 Å². The largest absolute Gasteiger partial charge is 0.493 e. The highest BCUT2D eigenvalue weighted by Crippen LogP contribution is 2.30. The van der Waals surface area contributed by atoms with Crippen LogP contribution in [-0.4, -0.2) is 23.8 Å². The van der Waals surface area contributed by atoms with Crippen molar-refractivity contribution in [2.75, 3.05) is 14.2 Å². The van der Waals surface area contributed by atoms with Crippen LogP contribution in [0.5, 0.6) is 11.5 Å². The number of para-hydroxylation sites is 1. The zero-order valence-electron chi connectivity index (χ0n) is 14.6. The summed E-state index contributed by atoms with van der Waals surface area (Å²) in [5.41, 5.74) is 3.59. The van der Waals surface area contributed by atoms with Crippen LogP contribution in [0.3, 0.4) is 0 Å². The van der Waals surface area contributed by atoms with Crippen LogP contribution in [0, 0.1) is 0 Å². The number of benzene rings is 2. The Bertz CT molecular complexity index is 783. The van der Waals surface area contributed by atoms with Crippen LogP contribution in [-0.2, 0) is 19.6 Å². The average molecular weight is 337 g/mol. The van der Waals surface area contributed by atoms with Gasteiger partial charge in [-0.2, -0.15) is 0 Å². The van der Waals surface area contributed by atoms with Crippen molar-refractivity contribution in [3.63, 3.8) is 0 Å². The van der Waals surface area contributed by atoms with Crippen LogP contribution in [0.15, 0.2) is 61.2 Å². The highest BCUT2D eigenvalue weighted by molar-refractivity contribution is 5.46. The molecule has 0 saturated heterocycles. The third-order valence-corrected chi connectivity index (χ3v) is 4.08. The molecule has 3 rings (SSSR count). The van der Waals surface area contributed by atoms with Crippen LogP contribution in [0.4, 0.5) is 0 Å². The molecule has 1 N–H and O–H groups in total. The molecular formula is C20H23N3O2. The van der Waals surface area contributed by atoms with E-state index >= 15 is 0 Å². The van der Waals surface area contributed by atoms with E-state index in [-0.39, 0.29) is 0 Å². The fourth-order valence-electron chi connectivity index (χ4n) is 2.79. The lowest BCUT2D eigenvalue weighted by Crippen LogP contribution is -2.13. The van der Waals surface area contributed by atoms with Crippen molar-refractivity contribution >= 4 is 0 Å². The fraction of sp³-hybridized carbons (Fsp3) is 0.250. The fourth-order valence-corrected chi connectivity index (χ4v) is 2.79. The summed E-state index contributed by atoms with van der Waals surface area (Å²) in [7, 11) is 3.32. The van der Waals surface area contributed by atoms with Gasteiger partial charge in [0.1, 0.15) is 0 Å². The second kappa shape index (κ2) is 8.35. The number of hydrogen-bond acceptors (Lipinski definition) is 4. The Kier molecular flexibility index (Phi) is 5.69. The molecule has 2 aromatic carbocycles. The van der Waals surface area contributed by atoms with E-state index in [0.717, 1.165) is 36.7 Å². The highest BCUT2D eigenvalue weighted by Gasteiger charge is 2.08. The second-order valence-corrected chi connectivity index (χ2v) is 5.81. The SMILES string of the molecule is COc1cccc(CNCc2ccc(Cn3ccnc3)cc2)c1OC. The lowest BCUT2D eigenvalue weighted by Gasteiger charge is -2.13. The molecule has 3 aromatic rings. The number of nitrogens with one attached hydrogen (secondary N) is 1. The number of nitrogens with zero attached hydrogens (tertiary/aromatic N) is 2. The highest BCUT2D eigenvalue weighted by atomic mass is 16.5. The Morgan fingerprint density at radius 3 is 2.44 bits per heavy atom. The molecule has 0 unspecified atom stereocenters. The van der Waals surface area contributed by atoms with Gasteiger partial charge in [-0.1, -0.05) is 36.4 Å². The minimum Gasteiger partial charge on any atom is -0.493 e. The molecule has 0 saturated carbocycles. The van der Waals surface area contributed by atoms with Crippen molar-refractivity contribution in [2.24, 2.45) is 0 Å². The van der Waals surface area contributed by atoms with Crippen molar-refractivity contribution in [2.45, 2.75) is 19.6 Å². The minimum atomic E-state index is 0.719. The normalized spacial score (nSPS) is 10.6. The van der Waals surface area contributed by atoms with E-state index in [1.165, 1.54) is 11.1 Å². The van der Waals surface area contributed by atoms with E-state index in [2.05, 4.69) is 39.1 Å². The number of rotatable bonds is 8. The van der Waals surface area contributed by atoms with E-state index in [0.29, 0.717) is 0 Å². The van der Waals surface area contributed by atoms with Gasteiger partial charge in [-0.25, -0.2) is 4.98 Å². The molecule has 130 valence electrons. The quantitative estimate of drug-likeness (QED) is 0.685. The summed E-state index contributed by atoms with van der Waals surface area (Å²) < 4.78 is 12.9. The van der Waals surface area contributed by atoms with Gasteiger partial charge >= 0.3 is 0 Å². The Morgan fingerprint density at radius 1 is 0.960 bits per heavy atom. The summed E-state index contributed by atoms with van der Waals surface area (Å²) in [5, 5.41) is 3.46. The predicted octanol–water partition coefficient (Wildman–Crippen LogP) is 3.24. The zero-order chi connectivity index (χ0) is 17.5. The van der Waals surface area contributed by atoms with E-state index < -0.39 is 0 Å². The second-order valence-electron chi connectivity index (χ2n) is 5.81. The molecule has 5 heteroatoms. The van der Waals surface area contributed by atoms with Crippen LogP contribution in [0.25, 0.3) is 0 Å². The van der Waals surface area contributed by atoms with Crippen molar-refractivity contribution in [3.8, 4) is 11.5 Å². The maximum Gasteiger partial charge on any atom is 0.165 e. The molecule has 25 heavy (non-hydrogen) atoms. The van der Waals surface area contributed by atoms with Gasteiger partial charge in [0.25, 0.3) is 0 Å². The van der Waals surface area contributed by atoms with E-state index in [1.54, 1.807) is 20.4 Å². The molecule has 0 aliphatic heterocycles. The summed E-state index contributed by atoms with van der Waals surface area (Å²) in [6, 6.07) is 14.5.